The number of hydrogen-bond acceptors (Lipinski definition) is 4. The maximum absolute atomic E-state index is 12.4. The van der Waals surface area contributed by atoms with Gasteiger partial charge in [-0.1, -0.05) is 23.2 Å². The molecule has 0 aliphatic carbocycles. The summed E-state index contributed by atoms with van der Waals surface area (Å²) >= 11 is 12.0. The summed E-state index contributed by atoms with van der Waals surface area (Å²) in [6.45, 7) is 1.04. The van der Waals surface area contributed by atoms with E-state index < -0.39 is 0 Å². The van der Waals surface area contributed by atoms with Crippen molar-refractivity contribution in [1.82, 2.24) is 14.7 Å². The van der Waals surface area contributed by atoms with Crippen molar-refractivity contribution in [2.75, 3.05) is 18.4 Å². The number of rotatable bonds is 3. The molecule has 0 radical (unpaired) electrons. The van der Waals surface area contributed by atoms with E-state index in [0.717, 1.165) is 0 Å². The van der Waals surface area contributed by atoms with E-state index in [1.165, 1.54) is 24.0 Å². The Morgan fingerprint density at radius 2 is 2.00 bits per heavy atom. The first-order valence-corrected chi connectivity index (χ1v) is 8.89. The third-order valence-electron chi connectivity index (χ3n) is 4.16. The summed E-state index contributed by atoms with van der Waals surface area (Å²) < 4.78 is 7.08. The lowest BCUT2D eigenvalue weighted by Crippen LogP contribution is -2.44. The fraction of sp³-hybridized carbons (Fsp3) is 0.353. The zero-order valence-electron chi connectivity index (χ0n) is 14.1. The minimum absolute atomic E-state index is 0.0356. The van der Waals surface area contributed by atoms with Crippen LogP contribution in [0.1, 0.15) is 12.8 Å². The molecule has 0 atom stereocenters. The fourth-order valence-electron chi connectivity index (χ4n) is 2.72. The number of carbonyl (C=O) groups excluding carboxylic acids is 1. The number of nitrogens with zero attached hydrogens (tertiary/aromatic N) is 3. The highest BCUT2D eigenvalue weighted by Gasteiger charge is 2.25. The Hall–Kier alpha value is -2.25. The summed E-state index contributed by atoms with van der Waals surface area (Å²) in [5.74, 6) is 0.583. The molecular formula is C17H18Cl2N4O3. The Bertz CT molecular complexity index is 863. The summed E-state index contributed by atoms with van der Waals surface area (Å²) in [5.41, 5.74) is -0.143. The van der Waals surface area contributed by atoms with E-state index in [1.807, 2.05) is 0 Å². The van der Waals surface area contributed by atoms with Crippen molar-refractivity contribution in [3.8, 4) is 5.75 Å². The molecule has 0 unspecified atom stereocenters. The summed E-state index contributed by atoms with van der Waals surface area (Å²) in [6, 6.07) is 6.27. The molecule has 2 amide bonds. The minimum Gasteiger partial charge on any atom is -0.489 e. The molecule has 3 rings (SSSR count). The van der Waals surface area contributed by atoms with E-state index in [1.54, 1.807) is 23.1 Å². The number of hydrogen-bond donors (Lipinski definition) is 1. The van der Waals surface area contributed by atoms with Gasteiger partial charge in [0.15, 0.2) is 0 Å². The Morgan fingerprint density at radius 1 is 1.27 bits per heavy atom. The topological polar surface area (TPSA) is 76.5 Å². The van der Waals surface area contributed by atoms with Crippen molar-refractivity contribution < 1.29 is 9.53 Å². The number of anilines is 1. The van der Waals surface area contributed by atoms with Gasteiger partial charge in [0.2, 0.25) is 0 Å². The van der Waals surface area contributed by atoms with Gasteiger partial charge >= 0.3 is 6.03 Å². The first kappa shape index (κ1) is 18.5. The van der Waals surface area contributed by atoms with Crippen molar-refractivity contribution in [2.24, 2.45) is 7.05 Å². The number of halogens is 2. The minimum atomic E-state index is -0.351. The Labute approximate surface area is 160 Å². The van der Waals surface area contributed by atoms with Gasteiger partial charge in [0.1, 0.15) is 17.5 Å². The van der Waals surface area contributed by atoms with E-state index in [-0.39, 0.29) is 23.4 Å². The molecule has 2 aromatic rings. The van der Waals surface area contributed by atoms with Crippen molar-refractivity contribution in [1.29, 1.82) is 0 Å². The number of amides is 2. The second kappa shape index (κ2) is 7.97. The van der Waals surface area contributed by atoms with Crippen molar-refractivity contribution in [2.45, 2.75) is 18.9 Å². The molecule has 0 bridgehead atoms. The van der Waals surface area contributed by atoms with Crippen LogP contribution in [0.2, 0.25) is 10.0 Å². The molecule has 0 saturated carbocycles. The van der Waals surface area contributed by atoms with Gasteiger partial charge in [-0.15, -0.1) is 0 Å². The van der Waals surface area contributed by atoms with Crippen LogP contribution in [-0.2, 0) is 7.05 Å². The molecule has 1 N–H and O–H groups in total. The summed E-state index contributed by atoms with van der Waals surface area (Å²) in [6.07, 6.45) is 2.76. The van der Waals surface area contributed by atoms with Crippen LogP contribution in [0.5, 0.6) is 5.75 Å². The van der Waals surface area contributed by atoms with Gasteiger partial charge in [0, 0.05) is 44.2 Å². The monoisotopic (exact) mass is 396 g/mol. The number of urea groups is 1. The highest BCUT2D eigenvalue weighted by Crippen LogP contribution is 2.30. The Kier molecular flexibility index (Phi) is 5.68. The molecule has 0 spiro atoms. The van der Waals surface area contributed by atoms with Gasteiger partial charge < -0.3 is 15.0 Å². The zero-order chi connectivity index (χ0) is 18.7. The summed E-state index contributed by atoms with van der Waals surface area (Å²) in [4.78, 5) is 25.9. The number of nitrogens with one attached hydrogen (secondary N) is 1. The van der Waals surface area contributed by atoms with E-state index in [9.17, 15) is 9.59 Å². The molecule has 26 heavy (non-hydrogen) atoms. The van der Waals surface area contributed by atoms with Gasteiger partial charge in [0.05, 0.1) is 5.02 Å². The van der Waals surface area contributed by atoms with Crippen LogP contribution in [0.4, 0.5) is 10.5 Å². The molecule has 1 aliphatic rings. The van der Waals surface area contributed by atoms with Crippen LogP contribution >= 0.6 is 23.2 Å². The van der Waals surface area contributed by atoms with E-state index in [2.05, 4.69) is 10.4 Å². The van der Waals surface area contributed by atoms with Crippen LogP contribution in [-0.4, -0.2) is 39.9 Å². The van der Waals surface area contributed by atoms with Crippen molar-refractivity contribution >= 4 is 34.9 Å². The lowest BCUT2D eigenvalue weighted by molar-refractivity contribution is 0.115. The van der Waals surface area contributed by atoms with E-state index >= 15 is 0 Å². The Balaban J connectivity index is 1.55. The van der Waals surface area contributed by atoms with Crippen LogP contribution in [0.3, 0.4) is 0 Å². The predicted molar refractivity (Wildman–Crippen MR) is 100 cm³/mol. The molecule has 7 nitrogen and oxygen atoms in total. The second-order valence-corrected chi connectivity index (χ2v) is 6.83. The number of likely N-dealkylation sites (tertiary alicyclic amines) is 1. The Morgan fingerprint density at radius 3 is 2.69 bits per heavy atom. The second-order valence-electron chi connectivity index (χ2n) is 5.98. The van der Waals surface area contributed by atoms with E-state index in [4.69, 9.17) is 27.9 Å². The van der Waals surface area contributed by atoms with Crippen LogP contribution in [0, 0.1) is 0 Å². The van der Waals surface area contributed by atoms with Gasteiger partial charge in [0.25, 0.3) is 5.56 Å². The van der Waals surface area contributed by atoms with Gasteiger partial charge in [-0.25, -0.2) is 9.48 Å². The molecule has 1 saturated heterocycles. The van der Waals surface area contributed by atoms with Crippen molar-refractivity contribution in [3.63, 3.8) is 0 Å². The van der Waals surface area contributed by atoms with Gasteiger partial charge in [-0.3, -0.25) is 4.79 Å². The van der Waals surface area contributed by atoms with Crippen LogP contribution in [0.15, 0.2) is 35.3 Å². The fourth-order valence-corrected chi connectivity index (χ4v) is 3.18. The van der Waals surface area contributed by atoms with Crippen LogP contribution < -0.4 is 15.6 Å². The van der Waals surface area contributed by atoms with Gasteiger partial charge in [-0.2, -0.15) is 5.10 Å². The van der Waals surface area contributed by atoms with Gasteiger partial charge in [-0.05, 0) is 24.3 Å². The van der Waals surface area contributed by atoms with Crippen LogP contribution in [0.25, 0.3) is 0 Å². The smallest absolute Gasteiger partial charge is 0.321 e. The summed E-state index contributed by atoms with van der Waals surface area (Å²) in [7, 11) is 1.53. The highest BCUT2D eigenvalue weighted by atomic mass is 35.5. The predicted octanol–water partition coefficient (Wildman–Crippen LogP) is 3.16. The quantitative estimate of drug-likeness (QED) is 0.863. The largest absolute Gasteiger partial charge is 0.489 e. The van der Waals surface area contributed by atoms with E-state index in [0.29, 0.717) is 41.7 Å². The molecule has 1 fully saturated rings. The third-order valence-corrected chi connectivity index (χ3v) is 4.69. The lowest BCUT2D eigenvalue weighted by atomic mass is 10.1. The molecule has 2 heterocycles. The number of carbonyl (C=O) groups is 1. The molecular weight excluding hydrogens is 379 g/mol. The lowest BCUT2D eigenvalue weighted by Gasteiger charge is -2.32. The average molecular weight is 397 g/mol. The zero-order valence-corrected chi connectivity index (χ0v) is 15.6. The number of aryl methyl sites for hydroxylation is 1. The number of aromatic nitrogens is 2. The maximum atomic E-state index is 12.4. The third kappa shape index (κ3) is 4.28. The number of ether oxygens (including phenoxy) is 1. The first-order valence-electron chi connectivity index (χ1n) is 8.14. The normalized spacial score (nSPS) is 15.0. The molecule has 1 aromatic carbocycles. The summed E-state index contributed by atoms with van der Waals surface area (Å²) in [5, 5.41) is 7.48. The molecule has 1 aliphatic heterocycles. The highest BCUT2D eigenvalue weighted by molar-refractivity contribution is 6.35. The SMILES string of the molecule is Cn1nccc(NC(=O)N2CCC(Oc3ccc(Cl)cc3Cl)CC2)c1=O. The molecule has 9 heteroatoms. The maximum Gasteiger partial charge on any atom is 0.321 e. The standard InChI is InChI=1S/C17H18Cl2N4O3/c1-22-16(24)14(4-7-20-22)21-17(25)23-8-5-12(6-9-23)26-15-3-2-11(18)10-13(15)19/h2-4,7,10,12H,5-6,8-9H2,1H3,(H,21,25). The molecule has 1 aromatic heterocycles. The first-order chi connectivity index (χ1) is 12.4. The average Bonchev–Trinajstić information content (AvgIpc) is 2.62. The molecule has 138 valence electrons. The van der Waals surface area contributed by atoms with Crippen molar-refractivity contribution in [3.05, 3.63) is 50.9 Å². The number of piperidine rings is 1. The number of benzene rings is 1.